The third-order valence-corrected chi connectivity index (χ3v) is 9.33. The molecule has 2 amide bonds. The summed E-state index contributed by atoms with van der Waals surface area (Å²) in [7, 11) is -1.14. The topological polar surface area (TPSA) is 96.0 Å². The molecule has 0 aliphatic carbocycles. The van der Waals surface area contributed by atoms with E-state index in [1.807, 2.05) is 43.3 Å². The minimum Gasteiger partial charge on any atom is -0.497 e. The largest absolute Gasteiger partial charge is 0.497 e. The Labute approximate surface area is 264 Å². The van der Waals surface area contributed by atoms with Crippen LogP contribution in [-0.4, -0.2) is 51.9 Å². The molecule has 0 unspecified atom stereocenters. The van der Waals surface area contributed by atoms with Crippen LogP contribution in [0.5, 0.6) is 5.75 Å². The number of aryl methyl sites for hydroxylation is 2. The predicted octanol–water partition coefficient (Wildman–Crippen LogP) is 5.55. The van der Waals surface area contributed by atoms with Gasteiger partial charge in [0.15, 0.2) is 0 Å². The standard InChI is InChI=1S/C34H36ClN3O5S/c1-24-13-16-30(17-14-24)44(41,42)38(31-18-15-28(35)19-25(31)2)23-33(39)37(22-27-11-8-12-29(20-27)43-4)32(34(40)36-3)21-26-9-6-5-7-10-26/h5-20,32H,21-23H2,1-4H3,(H,36,40)/t32-/m1/s1. The quantitative estimate of drug-likeness (QED) is 0.221. The first-order chi connectivity index (χ1) is 21.0. The van der Waals surface area contributed by atoms with Crippen molar-refractivity contribution in [3.05, 3.63) is 124 Å². The molecule has 4 aromatic rings. The zero-order chi connectivity index (χ0) is 31.9. The van der Waals surface area contributed by atoms with Crippen molar-refractivity contribution in [2.45, 2.75) is 37.8 Å². The molecule has 0 aromatic heterocycles. The van der Waals surface area contributed by atoms with E-state index in [-0.39, 0.29) is 23.8 Å². The van der Waals surface area contributed by atoms with Crippen molar-refractivity contribution in [2.75, 3.05) is 25.0 Å². The van der Waals surface area contributed by atoms with E-state index in [1.165, 1.54) is 24.1 Å². The number of halogens is 1. The number of ether oxygens (including phenoxy) is 1. The molecule has 1 atom stereocenters. The van der Waals surface area contributed by atoms with E-state index in [2.05, 4.69) is 5.32 Å². The van der Waals surface area contributed by atoms with E-state index in [9.17, 15) is 18.0 Å². The van der Waals surface area contributed by atoms with Gasteiger partial charge in [0.2, 0.25) is 11.8 Å². The second-order valence-corrected chi connectivity index (χ2v) is 12.7. The number of nitrogens with zero attached hydrogens (tertiary/aromatic N) is 2. The van der Waals surface area contributed by atoms with Crippen LogP contribution in [-0.2, 0) is 32.6 Å². The first kappa shape index (κ1) is 32.6. The summed E-state index contributed by atoms with van der Waals surface area (Å²) in [6.45, 7) is 3.09. The number of rotatable bonds is 12. The summed E-state index contributed by atoms with van der Waals surface area (Å²) in [5.74, 6) is -0.335. The zero-order valence-electron chi connectivity index (χ0n) is 25.2. The van der Waals surface area contributed by atoms with E-state index in [1.54, 1.807) is 62.6 Å². The molecule has 10 heteroatoms. The molecule has 230 valence electrons. The number of sulfonamides is 1. The third-order valence-electron chi connectivity index (χ3n) is 7.32. The number of amides is 2. The first-order valence-corrected chi connectivity index (χ1v) is 15.9. The molecule has 0 aliphatic heterocycles. The minimum absolute atomic E-state index is 0.0386. The van der Waals surface area contributed by atoms with Gasteiger partial charge in [-0.1, -0.05) is 71.8 Å². The van der Waals surface area contributed by atoms with Gasteiger partial charge < -0.3 is 15.0 Å². The summed E-state index contributed by atoms with van der Waals surface area (Å²) in [4.78, 5) is 29.3. The number of methoxy groups -OCH3 is 1. The van der Waals surface area contributed by atoms with Crippen LogP contribution in [0.15, 0.2) is 102 Å². The lowest BCUT2D eigenvalue weighted by atomic mass is 10.0. The molecule has 0 bridgehead atoms. The van der Waals surface area contributed by atoms with Crippen LogP contribution < -0.4 is 14.4 Å². The van der Waals surface area contributed by atoms with Gasteiger partial charge >= 0.3 is 0 Å². The third kappa shape index (κ3) is 7.78. The number of anilines is 1. The number of hydrogen-bond donors (Lipinski definition) is 1. The average Bonchev–Trinajstić information content (AvgIpc) is 3.02. The summed E-state index contributed by atoms with van der Waals surface area (Å²) in [5.41, 5.74) is 3.35. The Morgan fingerprint density at radius 3 is 2.20 bits per heavy atom. The van der Waals surface area contributed by atoms with Crippen molar-refractivity contribution >= 4 is 39.1 Å². The molecule has 0 spiro atoms. The monoisotopic (exact) mass is 633 g/mol. The van der Waals surface area contributed by atoms with Gasteiger partial charge in [0.1, 0.15) is 18.3 Å². The summed E-state index contributed by atoms with van der Waals surface area (Å²) >= 11 is 6.21. The fourth-order valence-electron chi connectivity index (χ4n) is 4.94. The van der Waals surface area contributed by atoms with Crippen LogP contribution in [0.4, 0.5) is 5.69 Å². The van der Waals surface area contributed by atoms with Crippen molar-refractivity contribution < 1.29 is 22.7 Å². The Morgan fingerprint density at radius 2 is 1.57 bits per heavy atom. The molecule has 0 saturated carbocycles. The summed E-state index contributed by atoms with van der Waals surface area (Å²) < 4.78 is 34.8. The first-order valence-electron chi connectivity index (χ1n) is 14.1. The molecule has 1 N–H and O–H groups in total. The molecular weight excluding hydrogens is 598 g/mol. The Kier molecular flexibility index (Phi) is 10.7. The summed E-state index contributed by atoms with van der Waals surface area (Å²) in [6, 6.07) is 26.9. The van der Waals surface area contributed by atoms with E-state index in [0.29, 0.717) is 22.0 Å². The lowest BCUT2D eigenvalue weighted by Crippen LogP contribution is -2.53. The van der Waals surface area contributed by atoms with Crippen LogP contribution in [0.25, 0.3) is 0 Å². The van der Waals surface area contributed by atoms with Crippen molar-refractivity contribution in [3.63, 3.8) is 0 Å². The molecule has 44 heavy (non-hydrogen) atoms. The minimum atomic E-state index is -4.21. The van der Waals surface area contributed by atoms with Gasteiger partial charge in [-0.2, -0.15) is 0 Å². The van der Waals surface area contributed by atoms with Gasteiger partial charge in [-0.15, -0.1) is 0 Å². The van der Waals surface area contributed by atoms with Crippen LogP contribution in [0, 0.1) is 13.8 Å². The second-order valence-electron chi connectivity index (χ2n) is 10.4. The van der Waals surface area contributed by atoms with Crippen molar-refractivity contribution in [1.29, 1.82) is 0 Å². The zero-order valence-corrected chi connectivity index (χ0v) is 26.7. The number of likely N-dealkylation sites (N-methyl/N-ethyl adjacent to an activating group) is 1. The average molecular weight is 634 g/mol. The number of nitrogens with one attached hydrogen (secondary N) is 1. The highest BCUT2D eigenvalue weighted by molar-refractivity contribution is 7.92. The Hall–Kier alpha value is -4.34. The maximum absolute atomic E-state index is 14.4. The van der Waals surface area contributed by atoms with Gasteiger partial charge in [-0.3, -0.25) is 13.9 Å². The Morgan fingerprint density at radius 1 is 0.886 bits per heavy atom. The lowest BCUT2D eigenvalue weighted by Gasteiger charge is -2.34. The number of hydrogen-bond acceptors (Lipinski definition) is 5. The highest BCUT2D eigenvalue weighted by atomic mass is 35.5. The van der Waals surface area contributed by atoms with E-state index in [0.717, 1.165) is 21.0 Å². The maximum Gasteiger partial charge on any atom is 0.264 e. The van der Waals surface area contributed by atoms with Gasteiger partial charge in [0.25, 0.3) is 10.0 Å². The molecule has 0 radical (unpaired) electrons. The fraction of sp³-hybridized carbons (Fsp3) is 0.235. The van der Waals surface area contributed by atoms with Gasteiger partial charge in [0.05, 0.1) is 17.7 Å². The van der Waals surface area contributed by atoms with Crippen molar-refractivity contribution in [1.82, 2.24) is 10.2 Å². The summed E-state index contributed by atoms with van der Waals surface area (Å²) in [6.07, 6.45) is 0.223. The lowest BCUT2D eigenvalue weighted by molar-refractivity contribution is -0.139. The van der Waals surface area contributed by atoms with Gasteiger partial charge in [0, 0.05) is 25.0 Å². The molecule has 0 saturated heterocycles. The summed E-state index contributed by atoms with van der Waals surface area (Å²) in [5, 5.41) is 3.12. The van der Waals surface area contributed by atoms with Gasteiger partial charge in [-0.25, -0.2) is 8.42 Å². The predicted molar refractivity (Wildman–Crippen MR) is 173 cm³/mol. The molecule has 0 aliphatic rings. The number of carbonyl (C=O) groups is 2. The normalized spacial score (nSPS) is 11.8. The fourth-order valence-corrected chi connectivity index (χ4v) is 6.64. The molecular formula is C34H36ClN3O5S. The Bertz CT molecular complexity index is 1710. The number of benzene rings is 4. The van der Waals surface area contributed by atoms with Crippen LogP contribution in [0.2, 0.25) is 5.02 Å². The molecule has 4 aromatic carbocycles. The van der Waals surface area contributed by atoms with Crippen LogP contribution in [0.1, 0.15) is 22.3 Å². The van der Waals surface area contributed by atoms with E-state index < -0.39 is 28.5 Å². The Balaban J connectivity index is 1.82. The molecule has 0 fully saturated rings. The molecule has 8 nitrogen and oxygen atoms in total. The van der Waals surface area contributed by atoms with Crippen molar-refractivity contribution in [3.8, 4) is 5.75 Å². The van der Waals surface area contributed by atoms with E-state index in [4.69, 9.17) is 16.3 Å². The highest BCUT2D eigenvalue weighted by Crippen LogP contribution is 2.30. The molecule has 0 heterocycles. The van der Waals surface area contributed by atoms with Crippen molar-refractivity contribution in [2.24, 2.45) is 0 Å². The molecule has 4 rings (SSSR count). The highest BCUT2D eigenvalue weighted by Gasteiger charge is 2.34. The second kappa shape index (κ2) is 14.4. The van der Waals surface area contributed by atoms with Crippen LogP contribution >= 0.6 is 11.6 Å². The number of carbonyl (C=O) groups excluding carboxylic acids is 2. The van der Waals surface area contributed by atoms with E-state index >= 15 is 0 Å². The van der Waals surface area contributed by atoms with Crippen LogP contribution in [0.3, 0.4) is 0 Å². The maximum atomic E-state index is 14.4. The smallest absolute Gasteiger partial charge is 0.264 e. The van der Waals surface area contributed by atoms with Gasteiger partial charge in [-0.05, 0) is 73.0 Å². The SMILES string of the molecule is CNC(=O)[C@@H](Cc1ccccc1)N(Cc1cccc(OC)c1)C(=O)CN(c1ccc(Cl)cc1C)S(=O)(=O)c1ccc(C)cc1.